The number of hydrogen-bond acceptors (Lipinski definition) is 1. The zero-order valence-corrected chi connectivity index (χ0v) is 5.17. The molecule has 0 spiro atoms. The number of rotatable bonds is 4. The van der Waals surface area contributed by atoms with Crippen molar-refractivity contribution in [3.63, 3.8) is 0 Å². The Morgan fingerprint density at radius 1 is 1.38 bits per heavy atom. The minimum atomic E-state index is 0.657. The van der Waals surface area contributed by atoms with Crippen molar-refractivity contribution in [2.24, 2.45) is 0 Å². The maximum Gasteiger partial charge on any atom is 0.355 e. The predicted octanol–water partition coefficient (Wildman–Crippen LogP) is 1.82. The van der Waals surface area contributed by atoms with Gasteiger partial charge in [0.25, 0.3) is 4.91 Å². The van der Waals surface area contributed by atoms with Crippen LogP contribution < -0.4 is 5.11 Å². The van der Waals surface area contributed by atoms with E-state index >= 15 is 0 Å². The van der Waals surface area contributed by atoms with Crippen molar-refractivity contribution in [3.8, 4) is 0 Å². The van der Waals surface area contributed by atoms with E-state index in [2.05, 4.69) is 16.9 Å². The molecule has 0 bridgehead atoms. The molecule has 0 aromatic rings. The van der Waals surface area contributed by atoms with Crippen LogP contribution in [0.4, 0.5) is 0 Å². The van der Waals surface area contributed by atoms with E-state index in [0.717, 1.165) is 6.42 Å². The van der Waals surface area contributed by atoms with Gasteiger partial charge < -0.3 is 0 Å². The molecule has 0 N–H and O–H groups in total. The van der Waals surface area contributed by atoms with Crippen LogP contribution in [-0.2, 0) is 0 Å². The van der Waals surface area contributed by atoms with E-state index in [-0.39, 0.29) is 0 Å². The molecule has 0 aliphatic carbocycles. The molecule has 1 radical (unpaired) electrons. The second-order valence-corrected chi connectivity index (χ2v) is 1.66. The third kappa shape index (κ3) is 5.31. The van der Waals surface area contributed by atoms with Crippen LogP contribution in [0.1, 0.15) is 26.2 Å². The van der Waals surface area contributed by atoms with Crippen molar-refractivity contribution in [3.05, 3.63) is 10.4 Å². The van der Waals surface area contributed by atoms with Gasteiger partial charge in [0.1, 0.15) is 11.7 Å². The molecule has 0 heterocycles. The van der Waals surface area contributed by atoms with E-state index in [9.17, 15) is 0 Å². The molecule has 0 aromatic heterocycles. The van der Waals surface area contributed by atoms with Crippen molar-refractivity contribution in [2.45, 2.75) is 26.2 Å². The molecule has 0 aliphatic heterocycles. The smallest absolute Gasteiger partial charge is 0.0654 e. The summed E-state index contributed by atoms with van der Waals surface area (Å²) < 4.78 is 0. The molecule has 0 atom stereocenters. The van der Waals surface area contributed by atoms with E-state index < -0.39 is 0 Å². The van der Waals surface area contributed by atoms with Gasteiger partial charge in [-0.15, -0.1) is 0 Å². The Morgan fingerprint density at radius 2 is 2.12 bits per heavy atom. The van der Waals surface area contributed by atoms with E-state index in [4.69, 9.17) is 5.53 Å². The Hall–Kier alpha value is -0.690. The van der Waals surface area contributed by atoms with Gasteiger partial charge in [-0.25, -0.2) is 0 Å². The monoisotopic (exact) mass is 113 g/mol. The highest BCUT2D eigenvalue weighted by Gasteiger charge is 1.85. The van der Waals surface area contributed by atoms with Crippen LogP contribution in [0.5, 0.6) is 0 Å². The third-order valence-corrected chi connectivity index (χ3v) is 0.925. The second kappa shape index (κ2) is 6.31. The van der Waals surface area contributed by atoms with Gasteiger partial charge in [-0.2, -0.15) is 0 Å². The standard InChI is InChI=1S/C5H11N3/c1-2-3-4-5-7-8-6/h2-5H2,1H3/q+1. The van der Waals surface area contributed by atoms with Crippen molar-refractivity contribution in [1.82, 2.24) is 5.11 Å². The molecule has 0 aromatic carbocycles. The zero-order valence-electron chi connectivity index (χ0n) is 5.17. The molecule has 0 fully saturated rings. The van der Waals surface area contributed by atoms with Crippen LogP contribution in [0.3, 0.4) is 0 Å². The van der Waals surface area contributed by atoms with E-state index in [1.807, 2.05) is 0 Å². The second-order valence-electron chi connectivity index (χ2n) is 1.66. The summed E-state index contributed by atoms with van der Waals surface area (Å²) in [6, 6.07) is 0. The zero-order chi connectivity index (χ0) is 6.24. The fraction of sp³-hybridized carbons (Fsp3) is 1.00. The number of hydrogen-bond donors (Lipinski definition) is 0. The lowest BCUT2D eigenvalue weighted by molar-refractivity contribution is 0.701. The quantitative estimate of drug-likeness (QED) is 0.231. The molecule has 45 valence electrons. The molecule has 0 saturated heterocycles. The molecule has 0 rings (SSSR count). The summed E-state index contributed by atoms with van der Waals surface area (Å²) in [7, 11) is 0. The molecule has 0 aliphatic rings. The first-order valence-electron chi connectivity index (χ1n) is 2.92. The SMILES string of the molecule is CCCCC[N+]=[N+]=[N-]. The maximum absolute atomic E-state index is 7.82. The van der Waals surface area contributed by atoms with Crippen molar-refractivity contribution in [2.75, 3.05) is 6.54 Å². The highest BCUT2D eigenvalue weighted by Crippen LogP contribution is 1.89. The molecule has 0 amide bonds. The maximum atomic E-state index is 7.82. The lowest BCUT2D eigenvalue weighted by Crippen LogP contribution is -1.87. The largest absolute Gasteiger partial charge is 0.355 e. The van der Waals surface area contributed by atoms with Crippen LogP contribution in [-0.4, -0.2) is 6.54 Å². The van der Waals surface area contributed by atoms with Crippen molar-refractivity contribution < 1.29 is 0 Å². The van der Waals surface area contributed by atoms with Crippen molar-refractivity contribution in [1.29, 1.82) is 0 Å². The Balaban J connectivity index is 2.82. The van der Waals surface area contributed by atoms with E-state index in [1.54, 1.807) is 0 Å². The van der Waals surface area contributed by atoms with Crippen LogP contribution >= 0.6 is 0 Å². The number of unbranched alkanes of at least 4 members (excludes halogenated alkanes) is 2. The molecular weight excluding hydrogens is 102 g/mol. The van der Waals surface area contributed by atoms with Gasteiger partial charge in [0.15, 0.2) is 0 Å². The summed E-state index contributed by atoms with van der Waals surface area (Å²) in [5.74, 6) is 0. The van der Waals surface area contributed by atoms with Crippen LogP contribution in [0.15, 0.2) is 0 Å². The lowest BCUT2D eigenvalue weighted by atomic mass is 10.3. The Bertz CT molecular complexity index is 83.7. The number of azide groups is 1. The normalized spacial score (nSPS) is 8.12. The summed E-state index contributed by atoms with van der Waals surface area (Å²) in [6.07, 6.45) is 3.38. The summed E-state index contributed by atoms with van der Waals surface area (Å²) in [4.78, 5) is 2.63. The first kappa shape index (κ1) is 7.31. The lowest BCUT2D eigenvalue weighted by Gasteiger charge is -1.83. The molecule has 0 unspecified atom stereocenters. The fourth-order valence-electron chi connectivity index (χ4n) is 0.477. The Morgan fingerprint density at radius 3 is 2.62 bits per heavy atom. The van der Waals surface area contributed by atoms with Crippen LogP contribution in [0, 0.1) is 0 Å². The van der Waals surface area contributed by atoms with Gasteiger partial charge in [-0.1, -0.05) is 19.8 Å². The van der Waals surface area contributed by atoms with E-state index in [0.29, 0.717) is 6.54 Å². The third-order valence-electron chi connectivity index (χ3n) is 0.925. The summed E-state index contributed by atoms with van der Waals surface area (Å²) in [6.45, 7) is 2.78. The average molecular weight is 113 g/mol. The molecule has 8 heavy (non-hydrogen) atoms. The fourth-order valence-corrected chi connectivity index (χ4v) is 0.477. The predicted molar refractivity (Wildman–Crippen MR) is 33.2 cm³/mol. The van der Waals surface area contributed by atoms with E-state index in [1.165, 1.54) is 12.8 Å². The van der Waals surface area contributed by atoms with Gasteiger partial charge in [0.05, 0.1) is 0 Å². The first-order chi connectivity index (χ1) is 3.91. The molecule has 0 saturated carbocycles. The average Bonchev–Trinajstić information content (AvgIpc) is 1.81. The first-order valence-corrected chi connectivity index (χ1v) is 2.92. The number of nitrogens with zero attached hydrogens (tertiary/aromatic N) is 3. The molecule has 3 heteroatoms. The molecular formula is C5H11N3+. The highest BCUT2D eigenvalue weighted by atomic mass is 15.1. The van der Waals surface area contributed by atoms with Crippen molar-refractivity contribution >= 4 is 0 Å². The Labute approximate surface area is 49.3 Å². The van der Waals surface area contributed by atoms with Crippen LogP contribution in [0.25, 0.3) is 10.4 Å². The van der Waals surface area contributed by atoms with Gasteiger partial charge in [-0.05, 0) is 6.42 Å². The molecule has 3 nitrogen and oxygen atoms in total. The highest BCUT2D eigenvalue weighted by molar-refractivity contribution is 4.41. The van der Waals surface area contributed by atoms with Crippen LogP contribution in [0.2, 0.25) is 0 Å². The minimum Gasteiger partial charge on any atom is -0.0654 e. The van der Waals surface area contributed by atoms with Gasteiger partial charge in [0, 0.05) is 0 Å². The summed E-state index contributed by atoms with van der Waals surface area (Å²) >= 11 is 0. The van der Waals surface area contributed by atoms with Gasteiger partial charge in [0.2, 0.25) is 0 Å². The summed E-state index contributed by atoms with van der Waals surface area (Å²) in [5.41, 5.74) is 7.82. The van der Waals surface area contributed by atoms with Gasteiger partial charge >= 0.3 is 5.53 Å². The minimum absolute atomic E-state index is 0.657. The summed E-state index contributed by atoms with van der Waals surface area (Å²) in [5, 5.41) is 3.39. The topological polar surface area (TPSA) is 50.5 Å². The Kier molecular flexibility index (Phi) is 5.77. The van der Waals surface area contributed by atoms with Gasteiger partial charge in [-0.3, -0.25) is 0 Å².